The third-order valence-electron chi connectivity index (χ3n) is 3.55. The Balaban J connectivity index is 1.57. The highest BCUT2D eigenvalue weighted by Gasteiger charge is 2.14. The third-order valence-corrected chi connectivity index (χ3v) is 4.50. The fraction of sp³-hybridized carbons (Fsp3) is 0.500. The lowest BCUT2D eigenvalue weighted by atomic mass is 10.0. The van der Waals surface area contributed by atoms with Crippen molar-refractivity contribution in [1.29, 1.82) is 0 Å². The molecule has 3 rings (SSSR count). The minimum Gasteiger partial charge on any atom is -0.314 e. The van der Waals surface area contributed by atoms with Crippen LogP contribution in [0.25, 0.3) is 5.69 Å². The predicted octanol–water partition coefficient (Wildman–Crippen LogP) is 2.29. The molecule has 1 fully saturated rings. The summed E-state index contributed by atoms with van der Waals surface area (Å²) < 4.78 is 1.80. The van der Waals surface area contributed by atoms with E-state index in [9.17, 15) is 0 Å². The number of aromatic nitrogens is 4. The van der Waals surface area contributed by atoms with Gasteiger partial charge in [-0.2, -0.15) is 4.68 Å². The van der Waals surface area contributed by atoms with Crippen LogP contribution < -0.4 is 5.32 Å². The van der Waals surface area contributed by atoms with Crippen molar-refractivity contribution in [2.45, 2.75) is 36.9 Å². The highest BCUT2D eigenvalue weighted by atomic mass is 32.2. The van der Waals surface area contributed by atoms with Gasteiger partial charge in [0.15, 0.2) is 0 Å². The van der Waals surface area contributed by atoms with Gasteiger partial charge >= 0.3 is 0 Å². The Bertz CT molecular complexity index is 521. The maximum absolute atomic E-state index is 4.12. The first kappa shape index (κ1) is 13.6. The summed E-state index contributed by atoms with van der Waals surface area (Å²) in [5.41, 5.74) is 1.01. The van der Waals surface area contributed by atoms with Crippen LogP contribution in [0, 0.1) is 0 Å². The number of para-hydroxylation sites is 1. The van der Waals surface area contributed by atoms with Crippen molar-refractivity contribution in [3.63, 3.8) is 0 Å². The Morgan fingerprint density at radius 2 is 2.15 bits per heavy atom. The minimum absolute atomic E-state index is 0.664. The molecule has 20 heavy (non-hydrogen) atoms. The molecule has 0 spiro atoms. The van der Waals surface area contributed by atoms with E-state index < -0.39 is 0 Å². The van der Waals surface area contributed by atoms with Crippen LogP contribution in [0.4, 0.5) is 0 Å². The Labute approximate surface area is 123 Å². The first-order valence-corrected chi connectivity index (χ1v) is 8.12. The van der Waals surface area contributed by atoms with E-state index in [4.69, 9.17) is 0 Å². The first-order valence-electron chi connectivity index (χ1n) is 7.13. The van der Waals surface area contributed by atoms with Gasteiger partial charge in [0, 0.05) is 11.8 Å². The van der Waals surface area contributed by atoms with Gasteiger partial charge < -0.3 is 5.32 Å². The SMILES string of the molecule is c1ccc(-n2nnnc2SCC[C@@H]2CCCCN2)cc1. The molecule has 1 aromatic heterocycles. The molecule has 1 saturated heterocycles. The topological polar surface area (TPSA) is 55.6 Å². The number of nitrogens with zero attached hydrogens (tertiary/aromatic N) is 4. The fourth-order valence-corrected chi connectivity index (χ4v) is 3.41. The number of benzene rings is 1. The molecule has 0 unspecified atom stereocenters. The van der Waals surface area contributed by atoms with Crippen LogP contribution in [0.15, 0.2) is 35.5 Å². The van der Waals surface area contributed by atoms with Gasteiger partial charge in [-0.25, -0.2) is 0 Å². The number of piperidine rings is 1. The second-order valence-electron chi connectivity index (χ2n) is 4.99. The molecule has 1 aliphatic heterocycles. The van der Waals surface area contributed by atoms with Crippen LogP contribution >= 0.6 is 11.8 Å². The highest BCUT2D eigenvalue weighted by Crippen LogP contribution is 2.20. The van der Waals surface area contributed by atoms with Gasteiger partial charge in [0.2, 0.25) is 5.16 Å². The molecule has 1 atom stereocenters. The normalized spacial score (nSPS) is 19.1. The highest BCUT2D eigenvalue weighted by molar-refractivity contribution is 7.99. The Morgan fingerprint density at radius 3 is 2.95 bits per heavy atom. The molecule has 1 N–H and O–H groups in total. The summed E-state index contributed by atoms with van der Waals surface area (Å²) in [5.74, 6) is 1.05. The second-order valence-corrected chi connectivity index (χ2v) is 6.05. The Morgan fingerprint density at radius 1 is 1.25 bits per heavy atom. The number of tetrazole rings is 1. The van der Waals surface area contributed by atoms with Crippen LogP contribution in [0.1, 0.15) is 25.7 Å². The molecule has 0 amide bonds. The first-order chi connectivity index (χ1) is 9.93. The Hall–Kier alpha value is -1.40. The lowest BCUT2D eigenvalue weighted by Crippen LogP contribution is -2.34. The molecule has 0 radical (unpaired) electrons. The molecule has 1 aliphatic rings. The molecule has 2 aromatic rings. The average molecular weight is 289 g/mol. The van der Waals surface area contributed by atoms with E-state index in [1.54, 1.807) is 16.4 Å². The fourth-order valence-electron chi connectivity index (χ4n) is 2.46. The zero-order chi connectivity index (χ0) is 13.6. The van der Waals surface area contributed by atoms with Crippen LogP contribution in [-0.4, -0.2) is 38.5 Å². The van der Waals surface area contributed by atoms with Gasteiger partial charge in [0.1, 0.15) is 0 Å². The minimum atomic E-state index is 0.664. The number of nitrogens with one attached hydrogen (secondary N) is 1. The lowest BCUT2D eigenvalue weighted by molar-refractivity contribution is 0.394. The smallest absolute Gasteiger partial charge is 0.214 e. The summed E-state index contributed by atoms with van der Waals surface area (Å²) in [6.07, 6.45) is 5.14. The molecule has 0 bridgehead atoms. The summed E-state index contributed by atoms with van der Waals surface area (Å²) in [6, 6.07) is 10.7. The molecule has 0 saturated carbocycles. The molecule has 2 heterocycles. The van der Waals surface area contributed by atoms with E-state index in [2.05, 4.69) is 20.8 Å². The monoisotopic (exact) mass is 289 g/mol. The van der Waals surface area contributed by atoms with Gasteiger partial charge in [-0.1, -0.05) is 36.4 Å². The van der Waals surface area contributed by atoms with Gasteiger partial charge in [0.25, 0.3) is 0 Å². The maximum Gasteiger partial charge on any atom is 0.214 e. The second kappa shape index (κ2) is 6.85. The maximum atomic E-state index is 4.12. The molecule has 0 aliphatic carbocycles. The van der Waals surface area contributed by atoms with Gasteiger partial charge in [-0.3, -0.25) is 0 Å². The molecule has 106 valence electrons. The quantitative estimate of drug-likeness (QED) is 0.856. The number of thioether (sulfide) groups is 1. The van der Waals surface area contributed by atoms with E-state index in [1.165, 1.54) is 25.7 Å². The third kappa shape index (κ3) is 3.37. The molecule has 1 aromatic carbocycles. The number of hydrogen-bond donors (Lipinski definition) is 1. The van der Waals surface area contributed by atoms with Crippen molar-refractivity contribution in [2.24, 2.45) is 0 Å². The molecule has 5 nitrogen and oxygen atoms in total. The van der Waals surface area contributed by atoms with E-state index in [0.717, 1.165) is 23.1 Å². The van der Waals surface area contributed by atoms with Crippen molar-refractivity contribution < 1.29 is 0 Å². The van der Waals surface area contributed by atoms with Crippen LogP contribution in [0.5, 0.6) is 0 Å². The predicted molar refractivity (Wildman–Crippen MR) is 80.1 cm³/mol. The molecule has 6 heteroatoms. The molecular weight excluding hydrogens is 270 g/mol. The zero-order valence-corrected chi connectivity index (χ0v) is 12.2. The lowest BCUT2D eigenvalue weighted by Gasteiger charge is -2.22. The average Bonchev–Trinajstić information content (AvgIpc) is 2.98. The zero-order valence-electron chi connectivity index (χ0n) is 11.4. The van der Waals surface area contributed by atoms with Crippen molar-refractivity contribution in [3.05, 3.63) is 30.3 Å². The largest absolute Gasteiger partial charge is 0.314 e. The van der Waals surface area contributed by atoms with Gasteiger partial charge in [0.05, 0.1) is 5.69 Å². The van der Waals surface area contributed by atoms with Crippen LogP contribution in [0.2, 0.25) is 0 Å². The van der Waals surface area contributed by atoms with E-state index in [0.29, 0.717) is 6.04 Å². The van der Waals surface area contributed by atoms with Crippen molar-refractivity contribution in [2.75, 3.05) is 12.3 Å². The standard InChI is InChI=1S/C14H19N5S/c1-2-7-13(8-3-1)19-14(16-17-18-19)20-11-9-12-6-4-5-10-15-12/h1-3,7-8,12,15H,4-6,9-11H2/t12-/m0/s1. The van der Waals surface area contributed by atoms with Crippen molar-refractivity contribution >= 4 is 11.8 Å². The van der Waals surface area contributed by atoms with Gasteiger partial charge in [-0.05, 0) is 48.4 Å². The van der Waals surface area contributed by atoms with E-state index in [1.807, 2.05) is 30.3 Å². The van der Waals surface area contributed by atoms with E-state index >= 15 is 0 Å². The van der Waals surface area contributed by atoms with E-state index in [-0.39, 0.29) is 0 Å². The summed E-state index contributed by atoms with van der Waals surface area (Å²) in [5, 5.41) is 16.4. The van der Waals surface area contributed by atoms with Crippen molar-refractivity contribution in [3.8, 4) is 5.69 Å². The van der Waals surface area contributed by atoms with Crippen molar-refractivity contribution in [1.82, 2.24) is 25.5 Å². The summed E-state index contributed by atoms with van der Waals surface area (Å²) in [4.78, 5) is 0. The van der Waals surface area contributed by atoms with Crippen LogP contribution in [0.3, 0.4) is 0 Å². The Kier molecular flexibility index (Phi) is 4.65. The summed E-state index contributed by atoms with van der Waals surface area (Å²) >= 11 is 1.73. The summed E-state index contributed by atoms with van der Waals surface area (Å²) in [6.45, 7) is 1.16. The number of hydrogen-bond acceptors (Lipinski definition) is 5. The summed E-state index contributed by atoms with van der Waals surface area (Å²) in [7, 11) is 0. The molecular formula is C14H19N5S. The number of rotatable bonds is 5. The van der Waals surface area contributed by atoms with Crippen LogP contribution in [-0.2, 0) is 0 Å². The van der Waals surface area contributed by atoms with Gasteiger partial charge in [-0.15, -0.1) is 5.10 Å².